The number of allylic oxidation sites excluding steroid dienone is 1. The van der Waals surface area contributed by atoms with Crippen LogP contribution in [0.4, 0.5) is 0 Å². The number of hydrogen-bond acceptors (Lipinski definition) is 6. The van der Waals surface area contributed by atoms with Crippen molar-refractivity contribution >= 4 is 51.1 Å². The maximum Gasteiger partial charge on any atom is 0.339 e. The first-order chi connectivity index (χ1) is 18.3. The van der Waals surface area contributed by atoms with Crippen LogP contribution in [0.2, 0.25) is 5.02 Å². The van der Waals surface area contributed by atoms with Gasteiger partial charge in [0.25, 0.3) is 0 Å². The average Bonchev–Trinajstić information content (AvgIpc) is 3.53. The van der Waals surface area contributed by atoms with E-state index in [9.17, 15) is 4.79 Å². The normalized spacial score (nSPS) is 11.4. The summed E-state index contributed by atoms with van der Waals surface area (Å²) in [5.74, 6) is 0.321. The smallest absolute Gasteiger partial charge is 0.339 e. The highest BCUT2D eigenvalue weighted by atomic mass is 35.5. The third-order valence-electron chi connectivity index (χ3n) is 5.83. The van der Waals surface area contributed by atoms with Gasteiger partial charge >= 0.3 is 5.97 Å². The van der Waals surface area contributed by atoms with E-state index >= 15 is 0 Å². The number of halogens is 2. The lowest BCUT2D eigenvalue weighted by atomic mass is 10.1. The van der Waals surface area contributed by atoms with Crippen LogP contribution in [0.15, 0.2) is 66.7 Å². The molecule has 2 aromatic heterocycles. The number of ether oxygens (including phenoxy) is 2. The maximum atomic E-state index is 12.5. The van der Waals surface area contributed by atoms with E-state index < -0.39 is 5.97 Å². The molecule has 2 aromatic carbocycles. The molecule has 6 nitrogen and oxygen atoms in total. The average molecular weight is 569 g/mol. The van der Waals surface area contributed by atoms with Gasteiger partial charge in [0.05, 0.1) is 29.8 Å². The molecule has 0 amide bonds. The lowest BCUT2D eigenvalue weighted by Gasteiger charge is -2.12. The fraction of sp³-hybridized carbons (Fsp3) is 0.207. The van der Waals surface area contributed by atoms with Crippen molar-refractivity contribution in [1.82, 2.24) is 15.0 Å². The van der Waals surface area contributed by atoms with Gasteiger partial charge in [0.2, 0.25) is 0 Å². The summed E-state index contributed by atoms with van der Waals surface area (Å²) in [6.45, 7) is 10.6. The van der Waals surface area contributed by atoms with Gasteiger partial charge in [-0.15, -0.1) is 16.4 Å². The molecule has 9 heteroatoms. The van der Waals surface area contributed by atoms with Crippen molar-refractivity contribution in [2.45, 2.75) is 33.9 Å². The molecule has 0 bridgehead atoms. The Hall–Kier alpha value is -3.39. The molecule has 2 heterocycles. The van der Waals surface area contributed by atoms with Crippen LogP contribution >= 0.6 is 34.5 Å². The Balaban J connectivity index is 1.53. The molecule has 0 aliphatic carbocycles. The van der Waals surface area contributed by atoms with Crippen LogP contribution in [0.3, 0.4) is 0 Å². The fourth-order valence-corrected chi connectivity index (χ4v) is 5.45. The molecule has 0 aliphatic rings. The van der Waals surface area contributed by atoms with Crippen molar-refractivity contribution in [2.24, 2.45) is 0 Å². The van der Waals surface area contributed by atoms with Gasteiger partial charge in [-0.25, -0.2) is 9.48 Å². The monoisotopic (exact) mass is 567 g/mol. The second kappa shape index (κ2) is 12.4. The van der Waals surface area contributed by atoms with E-state index in [0.29, 0.717) is 45.0 Å². The molecule has 0 N–H and O–H groups in total. The SMILES string of the molecule is C=C(Cl)c1c(COc2cc(-c3cn(Cc4ccc(Cl)cc4)nn3)ccc2C)csc1/C(=C\C)C(=O)OCC. The zero-order chi connectivity index (χ0) is 27.2. The first-order valence-electron chi connectivity index (χ1n) is 12.0. The lowest BCUT2D eigenvalue weighted by Crippen LogP contribution is -2.07. The molecule has 0 aliphatic heterocycles. The third kappa shape index (κ3) is 6.35. The molecule has 0 unspecified atom stereocenters. The number of carbonyl (C=O) groups excluding carboxylic acids is 1. The molecular weight excluding hydrogens is 541 g/mol. The molecule has 0 radical (unpaired) electrons. The number of esters is 1. The van der Waals surface area contributed by atoms with Gasteiger partial charge in [-0.1, -0.05) is 65.3 Å². The minimum Gasteiger partial charge on any atom is -0.489 e. The maximum absolute atomic E-state index is 12.5. The second-order valence-electron chi connectivity index (χ2n) is 8.49. The summed E-state index contributed by atoms with van der Waals surface area (Å²) >= 11 is 13.8. The summed E-state index contributed by atoms with van der Waals surface area (Å²) in [7, 11) is 0. The Morgan fingerprint density at radius 2 is 1.97 bits per heavy atom. The van der Waals surface area contributed by atoms with Gasteiger partial charge in [-0.3, -0.25) is 0 Å². The summed E-state index contributed by atoms with van der Waals surface area (Å²) < 4.78 is 13.2. The quantitative estimate of drug-likeness (QED) is 0.144. The summed E-state index contributed by atoms with van der Waals surface area (Å²) in [4.78, 5) is 13.2. The number of aromatic nitrogens is 3. The third-order valence-corrected chi connectivity index (χ3v) is 7.33. The van der Waals surface area contributed by atoms with Gasteiger partial charge in [-0.05, 0) is 55.5 Å². The number of benzene rings is 2. The van der Waals surface area contributed by atoms with Crippen LogP contribution in [0, 0.1) is 6.92 Å². The minimum absolute atomic E-state index is 0.255. The van der Waals surface area contributed by atoms with Crippen LogP contribution in [0.25, 0.3) is 21.9 Å². The number of rotatable bonds is 10. The van der Waals surface area contributed by atoms with Gasteiger partial charge in [0, 0.05) is 26.7 Å². The van der Waals surface area contributed by atoms with Crippen LogP contribution in [0.1, 0.15) is 41.0 Å². The highest BCUT2D eigenvalue weighted by molar-refractivity contribution is 7.12. The Morgan fingerprint density at radius 1 is 1.21 bits per heavy atom. The van der Waals surface area contributed by atoms with Gasteiger partial charge in [0.15, 0.2) is 0 Å². The first kappa shape index (κ1) is 27.6. The van der Waals surface area contributed by atoms with Crippen molar-refractivity contribution in [3.63, 3.8) is 0 Å². The predicted molar refractivity (Wildman–Crippen MR) is 155 cm³/mol. The number of carbonyl (C=O) groups is 1. The largest absolute Gasteiger partial charge is 0.489 e. The molecule has 0 atom stereocenters. The first-order valence-corrected chi connectivity index (χ1v) is 13.6. The number of aryl methyl sites for hydroxylation is 1. The van der Waals surface area contributed by atoms with E-state index in [1.54, 1.807) is 24.6 Å². The van der Waals surface area contributed by atoms with E-state index in [4.69, 9.17) is 32.7 Å². The Bertz CT molecular complexity index is 1490. The second-order valence-corrected chi connectivity index (χ2v) is 10.3. The lowest BCUT2D eigenvalue weighted by molar-refractivity contribution is -0.136. The highest BCUT2D eigenvalue weighted by Crippen LogP contribution is 2.37. The molecule has 196 valence electrons. The van der Waals surface area contributed by atoms with Crippen molar-refractivity contribution in [3.05, 3.63) is 98.9 Å². The number of thiophene rings is 1. The number of hydrogen-bond donors (Lipinski definition) is 0. The molecular formula is C29H27Cl2N3O3S. The standard InChI is InChI=1S/C29H27Cl2N3O3S/c1-5-24(29(35)36-6-2)28-27(19(4)30)22(17-38-28)16-37-26-13-21(10-7-18(26)3)25-15-34(33-32-25)14-20-8-11-23(31)12-9-20/h5,7-13,15,17H,4,6,14,16H2,1-3H3/b24-5+. The fourth-order valence-electron chi connectivity index (χ4n) is 3.90. The van der Waals surface area contributed by atoms with Crippen molar-refractivity contribution < 1.29 is 14.3 Å². The van der Waals surface area contributed by atoms with Gasteiger partial charge < -0.3 is 9.47 Å². The summed E-state index contributed by atoms with van der Waals surface area (Å²) in [6.07, 6.45) is 3.63. The van der Waals surface area contributed by atoms with E-state index in [1.807, 2.05) is 61.0 Å². The molecule has 4 aromatic rings. The van der Waals surface area contributed by atoms with E-state index in [1.165, 1.54) is 11.3 Å². The van der Waals surface area contributed by atoms with Crippen molar-refractivity contribution in [1.29, 1.82) is 0 Å². The molecule has 0 spiro atoms. The van der Waals surface area contributed by atoms with Crippen molar-refractivity contribution in [3.8, 4) is 17.0 Å². The molecule has 4 rings (SSSR count). The highest BCUT2D eigenvalue weighted by Gasteiger charge is 2.22. The van der Waals surface area contributed by atoms with E-state index in [-0.39, 0.29) is 6.61 Å². The van der Waals surface area contributed by atoms with Crippen molar-refractivity contribution in [2.75, 3.05) is 6.61 Å². The molecule has 0 saturated carbocycles. The zero-order valence-corrected chi connectivity index (χ0v) is 23.7. The molecule has 0 saturated heterocycles. The summed E-state index contributed by atoms with van der Waals surface area (Å²) in [5.41, 5.74) is 5.67. The summed E-state index contributed by atoms with van der Waals surface area (Å²) in [6, 6.07) is 13.6. The summed E-state index contributed by atoms with van der Waals surface area (Å²) in [5, 5.41) is 11.6. The zero-order valence-electron chi connectivity index (χ0n) is 21.3. The van der Waals surface area contributed by atoms with Gasteiger partial charge in [0.1, 0.15) is 18.1 Å². The Kier molecular flexibility index (Phi) is 9.05. The van der Waals surface area contributed by atoms with Gasteiger partial charge in [-0.2, -0.15) is 0 Å². The molecule has 0 fully saturated rings. The topological polar surface area (TPSA) is 66.2 Å². The number of nitrogens with zero attached hydrogens (tertiary/aromatic N) is 3. The van der Waals surface area contributed by atoms with Crippen LogP contribution in [0.5, 0.6) is 5.75 Å². The Labute approximate surface area is 236 Å². The molecule has 38 heavy (non-hydrogen) atoms. The van der Waals surface area contributed by atoms with E-state index in [2.05, 4.69) is 16.9 Å². The Morgan fingerprint density at radius 3 is 2.66 bits per heavy atom. The minimum atomic E-state index is -0.392. The predicted octanol–water partition coefficient (Wildman–Crippen LogP) is 7.77. The van der Waals surface area contributed by atoms with Crippen LogP contribution in [-0.4, -0.2) is 27.6 Å². The van der Waals surface area contributed by atoms with Crippen LogP contribution in [-0.2, 0) is 22.7 Å². The van der Waals surface area contributed by atoms with E-state index in [0.717, 1.165) is 27.9 Å². The van der Waals surface area contributed by atoms with Crippen LogP contribution < -0.4 is 4.74 Å².